The monoisotopic (exact) mass is 348 g/mol. The van der Waals surface area contributed by atoms with Crippen molar-refractivity contribution in [2.45, 2.75) is 27.2 Å². The maximum Gasteiger partial charge on any atom is 0.254 e. The van der Waals surface area contributed by atoms with E-state index in [4.69, 9.17) is 4.42 Å². The van der Waals surface area contributed by atoms with Crippen molar-refractivity contribution in [3.05, 3.63) is 59.4 Å². The normalized spacial score (nSPS) is 11.2. The van der Waals surface area contributed by atoms with E-state index < -0.39 is 0 Å². The highest BCUT2D eigenvalue weighted by molar-refractivity contribution is 5.54. The van der Waals surface area contributed by atoms with Crippen LogP contribution in [0.3, 0.4) is 0 Å². The molecule has 132 valence electrons. The van der Waals surface area contributed by atoms with Gasteiger partial charge in [0, 0.05) is 29.8 Å². The van der Waals surface area contributed by atoms with Crippen LogP contribution in [0.2, 0.25) is 0 Å². The molecule has 1 N–H and O–H groups in total. The van der Waals surface area contributed by atoms with Gasteiger partial charge in [-0.2, -0.15) is 14.6 Å². The third-order valence-corrected chi connectivity index (χ3v) is 4.47. The quantitative estimate of drug-likeness (QED) is 0.596. The summed E-state index contributed by atoms with van der Waals surface area (Å²) in [6, 6.07) is 9.94. The minimum absolute atomic E-state index is 0.597. The molecule has 4 aromatic rings. The molecule has 1 aromatic carbocycles. The number of nitrogens with one attached hydrogen (secondary N) is 1. The van der Waals surface area contributed by atoms with E-state index in [-0.39, 0.29) is 0 Å². The smallest absolute Gasteiger partial charge is 0.254 e. The number of aryl methyl sites for hydroxylation is 2. The summed E-state index contributed by atoms with van der Waals surface area (Å²) < 4.78 is 7.56. The van der Waals surface area contributed by atoms with Gasteiger partial charge in [0.1, 0.15) is 17.9 Å². The van der Waals surface area contributed by atoms with Gasteiger partial charge in [-0.1, -0.05) is 18.2 Å². The number of fused-ring (bicyclic) bond motifs is 1. The molecule has 0 fully saturated rings. The summed E-state index contributed by atoms with van der Waals surface area (Å²) in [5.74, 6) is 3.01. The molecular weight excluding hydrogens is 328 g/mol. The molecule has 0 aliphatic rings. The molecule has 0 atom stereocenters. The van der Waals surface area contributed by atoms with Crippen LogP contribution in [0.4, 0.5) is 5.82 Å². The zero-order valence-electron chi connectivity index (χ0n) is 15.0. The summed E-state index contributed by atoms with van der Waals surface area (Å²) in [5, 5.41) is 7.70. The summed E-state index contributed by atoms with van der Waals surface area (Å²) in [4.78, 5) is 13.3. The summed E-state index contributed by atoms with van der Waals surface area (Å²) in [6.45, 7) is 6.66. The number of benzene rings is 1. The lowest BCUT2D eigenvalue weighted by Gasteiger charge is -2.12. The van der Waals surface area contributed by atoms with Crippen molar-refractivity contribution in [2.24, 2.45) is 0 Å². The van der Waals surface area contributed by atoms with Crippen LogP contribution in [0.25, 0.3) is 17.2 Å². The van der Waals surface area contributed by atoms with E-state index in [2.05, 4.69) is 25.4 Å². The predicted octanol–water partition coefficient (Wildman–Crippen LogP) is 3.36. The first-order valence-electron chi connectivity index (χ1n) is 8.56. The Bertz CT molecular complexity index is 1050. The maximum absolute atomic E-state index is 5.83. The van der Waals surface area contributed by atoms with E-state index in [9.17, 15) is 0 Å². The molecule has 7 nitrogen and oxygen atoms in total. The van der Waals surface area contributed by atoms with Crippen LogP contribution in [0.1, 0.15) is 22.7 Å². The Labute approximate surface area is 151 Å². The number of hydrogen-bond donors (Lipinski definition) is 1. The minimum atomic E-state index is 0.597. The van der Waals surface area contributed by atoms with E-state index in [0.717, 1.165) is 40.5 Å². The molecule has 26 heavy (non-hydrogen) atoms. The number of nitrogens with zero attached hydrogens (tertiary/aromatic N) is 5. The van der Waals surface area contributed by atoms with Crippen LogP contribution >= 0.6 is 0 Å². The number of anilines is 1. The maximum atomic E-state index is 5.83. The van der Waals surface area contributed by atoms with Crippen LogP contribution in [-0.4, -0.2) is 31.1 Å². The molecule has 0 radical (unpaired) electrons. The molecule has 0 unspecified atom stereocenters. The zero-order valence-corrected chi connectivity index (χ0v) is 15.0. The number of oxazole rings is 1. The van der Waals surface area contributed by atoms with Gasteiger partial charge in [0.15, 0.2) is 0 Å². The average molecular weight is 348 g/mol. The van der Waals surface area contributed by atoms with Gasteiger partial charge in [-0.05, 0) is 32.9 Å². The van der Waals surface area contributed by atoms with Crippen LogP contribution in [0, 0.1) is 20.8 Å². The Morgan fingerprint density at radius 1 is 1.08 bits per heavy atom. The average Bonchev–Trinajstić information content (AvgIpc) is 3.25. The second-order valence-corrected chi connectivity index (χ2v) is 6.21. The molecule has 0 spiro atoms. The third-order valence-electron chi connectivity index (χ3n) is 4.47. The summed E-state index contributed by atoms with van der Waals surface area (Å²) in [6.07, 6.45) is 2.26. The first-order chi connectivity index (χ1) is 12.6. The predicted molar refractivity (Wildman–Crippen MR) is 99.1 cm³/mol. The lowest BCUT2D eigenvalue weighted by Crippen LogP contribution is -2.13. The van der Waals surface area contributed by atoms with E-state index >= 15 is 0 Å². The van der Waals surface area contributed by atoms with Gasteiger partial charge in [0.25, 0.3) is 5.78 Å². The first kappa shape index (κ1) is 16.3. The fourth-order valence-electron chi connectivity index (χ4n) is 2.90. The van der Waals surface area contributed by atoms with Crippen LogP contribution in [-0.2, 0) is 6.42 Å². The van der Waals surface area contributed by atoms with Gasteiger partial charge in [0.2, 0.25) is 5.89 Å². The van der Waals surface area contributed by atoms with E-state index in [1.54, 1.807) is 4.52 Å². The fraction of sp³-hybridized carbons (Fsp3) is 0.263. The van der Waals surface area contributed by atoms with Crippen molar-refractivity contribution >= 4 is 11.6 Å². The van der Waals surface area contributed by atoms with Gasteiger partial charge in [0.05, 0.1) is 5.69 Å². The number of rotatable bonds is 5. The summed E-state index contributed by atoms with van der Waals surface area (Å²) in [7, 11) is 0. The highest BCUT2D eigenvalue weighted by Crippen LogP contribution is 2.22. The molecule has 0 bridgehead atoms. The highest BCUT2D eigenvalue weighted by Gasteiger charge is 2.13. The molecule has 7 heteroatoms. The first-order valence-corrected chi connectivity index (χ1v) is 8.56. The SMILES string of the molecule is Cc1nc2ncnn2c(NCCc2nc(-c3ccccc3)oc2C)c1C. The van der Waals surface area contributed by atoms with Crippen LogP contribution in [0.5, 0.6) is 0 Å². The van der Waals surface area contributed by atoms with Gasteiger partial charge >= 0.3 is 0 Å². The molecular formula is C19H20N6O. The van der Waals surface area contributed by atoms with Crippen LogP contribution < -0.4 is 5.32 Å². The Morgan fingerprint density at radius 3 is 2.69 bits per heavy atom. The molecule has 0 amide bonds. The summed E-state index contributed by atoms with van der Waals surface area (Å²) >= 11 is 0. The van der Waals surface area contributed by atoms with Crippen molar-refractivity contribution in [2.75, 3.05) is 11.9 Å². The van der Waals surface area contributed by atoms with Crippen LogP contribution in [0.15, 0.2) is 41.1 Å². The number of aromatic nitrogens is 5. The molecule has 3 heterocycles. The topological polar surface area (TPSA) is 81.1 Å². The van der Waals surface area contributed by atoms with Crippen molar-refractivity contribution in [3.63, 3.8) is 0 Å². The third kappa shape index (κ3) is 2.92. The Balaban J connectivity index is 1.52. The van der Waals surface area contributed by atoms with Crippen molar-refractivity contribution in [3.8, 4) is 11.5 Å². The number of hydrogen-bond acceptors (Lipinski definition) is 6. The summed E-state index contributed by atoms with van der Waals surface area (Å²) in [5.41, 5.74) is 3.94. The standard InChI is InChI=1S/C19H20N6O/c1-12-13(2)23-19-21-11-22-25(19)17(12)20-10-9-16-14(3)26-18(24-16)15-7-5-4-6-8-15/h4-8,11,20H,9-10H2,1-3H3. The molecule has 4 rings (SSSR count). The molecule has 0 aliphatic heterocycles. The Kier molecular flexibility index (Phi) is 4.12. The molecule has 0 saturated heterocycles. The highest BCUT2D eigenvalue weighted by atomic mass is 16.4. The molecule has 0 aliphatic carbocycles. The second kappa shape index (κ2) is 6.59. The largest absolute Gasteiger partial charge is 0.441 e. The van der Waals surface area contributed by atoms with Gasteiger partial charge in [-0.3, -0.25) is 0 Å². The fourth-order valence-corrected chi connectivity index (χ4v) is 2.90. The minimum Gasteiger partial charge on any atom is -0.441 e. The second-order valence-electron chi connectivity index (χ2n) is 6.21. The Hall–Kier alpha value is -3.22. The van der Waals surface area contributed by atoms with Gasteiger partial charge in [-0.15, -0.1) is 0 Å². The van der Waals surface area contributed by atoms with E-state index in [1.807, 2.05) is 51.1 Å². The van der Waals surface area contributed by atoms with Gasteiger partial charge < -0.3 is 9.73 Å². The van der Waals surface area contributed by atoms with E-state index in [1.165, 1.54) is 6.33 Å². The van der Waals surface area contributed by atoms with Crippen molar-refractivity contribution < 1.29 is 4.42 Å². The Morgan fingerprint density at radius 2 is 1.88 bits per heavy atom. The molecule has 3 aromatic heterocycles. The van der Waals surface area contributed by atoms with Gasteiger partial charge in [-0.25, -0.2) is 9.97 Å². The lowest BCUT2D eigenvalue weighted by atomic mass is 10.2. The molecule has 0 saturated carbocycles. The lowest BCUT2D eigenvalue weighted by molar-refractivity contribution is 0.539. The van der Waals surface area contributed by atoms with E-state index in [0.29, 0.717) is 18.2 Å². The zero-order chi connectivity index (χ0) is 18.1. The van der Waals surface area contributed by atoms with Crippen molar-refractivity contribution in [1.82, 2.24) is 24.6 Å². The van der Waals surface area contributed by atoms with Crippen molar-refractivity contribution in [1.29, 1.82) is 0 Å².